The molecule has 1 aliphatic carbocycles. The van der Waals surface area contributed by atoms with Crippen molar-refractivity contribution in [2.45, 2.75) is 45.8 Å². The van der Waals surface area contributed by atoms with Crippen molar-refractivity contribution in [1.29, 1.82) is 0 Å². The summed E-state index contributed by atoms with van der Waals surface area (Å²) in [5, 5.41) is 12.2. The highest BCUT2D eigenvalue weighted by atomic mass is 16.5. The van der Waals surface area contributed by atoms with Gasteiger partial charge in [-0.2, -0.15) is 0 Å². The number of hydrogen-bond donors (Lipinski definition) is 1. The molecule has 26 heavy (non-hydrogen) atoms. The summed E-state index contributed by atoms with van der Waals surface area (Å²) in [5.74, 6) is 2.22. The van der Waals surface area contributed by atoms with Crippen molar-refractivity contribution in [3.05, 3.63) is 58.7 Å². The maximum absolute atomic E-state index is 12.2. The Labute approximate surface area is 156 Å². The SMILES string of the molecule is COc1ccc(C23Oc4cc(C)cc(C)c4C2(O)C(C)C(C)C3C)cc1. The minimum atomic E-state index is -1.05. The van der Waals surface area contributed by atoms with E-state index in [-0.39, 0.29) is 11.8 Å². The highest BCUT2D eigenvalue weighted by molar-refractivity contribution is 5.56. The molecule has 4 rings (SSSR count). The molecule has 2 aromatic rings. The third kappa shape index (κ3) is 1.87. The van der Waals surface area contributed by atoms with Gasteiger partial charge in [-0.25, -0.2) is 0 Å². The van der Waals surface area contributed by atoms with Gasteiger partial charge in [0.05, 0.1) is 7.11 Å². The fraction of sp³-hybridized carbons (Fsp3) is 0.478. The number of hydrogen-bond acceptors (Lipinski definition) is 3. The van der Waals surface area contributed by atoms with Crippen molar-refractivity contribution >= 4 is 0 Å². The first-order chi connectivity index (χ1) is 12.3. The van der Waals surface area contributed by atoms with Crippen LogP contribution in [0.2, 0.25) is 0 Å². The quantitative estimate of drug-likeness (QED) is 0.851. The second-order valence-electron chi connectivity index (χ2n) is 8.22. The zero-order valence-corrected chi connectivity index (χ0v) is 16.5. The molecule has 1 fully saturated rings. The molecule has 1 N–H and O–H groups in total. The number of aliphatic hydroxyl groups is 1. The Morgan fingerprint density at radius 3 is 2.27 bits per heavy atom. The van der Waals surface area contributed by atoms with Gasteiger partial charge in [-0.1, -0.05) is 39.0 Å². The van der Waals surface area contributed by atoms with Gasteiger partial charge in [-0.3, -0.25) is 0 Å². The number of rotatable bonds is 2. The van der Waals surface area contributed by atoms with E-state index in [4.69, 9.17) is 9.47 Å². The lowest BCUT2D eigenvalue weighted by molar-refractivity contribution is -0.132. The molecule has 3 heteroatoms. The topological polar surface area (TPSA) is 38.7 Å². The standard InChI is InChI=1S/C23H28O3/c1-13-11-14(2)21-20(12-13)26-23(18-7-9-19(25-6)10-8-18)17(5)15(3)16(4)22(21,23)24/h7-12,15-17,24H,1-6H3. The molecule has 0 saturated heterocycles. The second kappa shape index (κ2) is 5.50. The van der Waals surface area contributed by atoms with Gasteiger partial charge in [0.1, 0.15) is 17.1 Å². The second-order valence-corrected chi connectivity index (χ2v) is 8.22. The van der Waals surface area contributed by atoms with Crippen molar-refractivity contribution in [2.24, 2.45) is 17.8 Å². The first-order valence-electron chi connectivity index (χ1n) is 9.45. The minimum Gasteiger partial charge on any atom is -0.497 e. The number of methoxy groups -OCH3 is 1. The summed E-state index contributed by atoms with van der Waals surface area (Å²) in [4.78, 5) is 0. The third-order valence-corrected chi connectivity index (χ3v) is 7.06. The monoisotopic (exact) mass is 352 g/mol. The predicted molar refractivity (Wildman–Crippen MR) is 103 cm³/mol. The van der Waals surface area contributed by atoms with Crippen LogP contribution in [0.4, 0.5) is 0 Å². The number of aryl methyl sites for hydroxylation is 2. The summed E-state index contributed by atoms with van der Waals surface area (Å²) in [7, 11) is 1.67. The summed E-state index contributed by atoms with van der Waals surface area (Å²) in [6, 6.07) is 12.2. The predicted octanol–water partition coefficient (Wildman–Crippen LogP) is 4.71. The molecule has 3 nitrogen and oxygen atoms in total. The molecule has 0 spiro atoms. The fourth-order valence-corrected chi connectivity index (χ4v) is 5.50. The van der Waals surface area contributed by atoms with E-state index in [0.717, 1.165) is 33.8 Å². The molecule has 0 amide bonds. The van der Waals surface area contributed by atoms with E-state index in [1.54, 1.807) is 7.11 Å². The Bertz CT molecular complexity index is 857. The molecule has 1 aliphatic heterocycles. The largest absolute Gasteiger partial charge is 0.497 e. The maximum Gasteiger partial charge on any atom is 0.170 e. The van der Waals surface area contributed by atoms with E-state index in [1.165, 1.54) is 0 Å². The van der Waals surface area contributed by atoms with Gasteiger partial charge < -0.3 is 14.6 Å². The van der Waals surface area contributed by atoms with Crippen molar-refractivity contribution in [3.63, 3.8) is 0 Å². The van der Waals surface area contributed by atoms with Gasteiger partial charge in [0.15, 0.2) is 5.60 Å². The Kier molecular flexibility index (Phi) is 3.68. The van der Waals surface area contributed by atoms with E-state index in [9.17, 15) is 5.11 Å². The van der Waals surface area contributed by atoms with E-state index >= 15 is 0 Å². The van der Waals surface area contributed by atoms with Gasteiger partial charge in [0.2, 0.25) is 0 Å². The van der Waals surface area contributed by atoms with Gasteiger partial charge in [0, 0.05) is 11.5 Å². The molecule has 0 aromatic heterocycles. The van der Waals surface area contributed by atoms with Crippen LogP contribution in [0.5, 0.6) is 11.5 Å². The van der Waals surface area contributed by atoms with Crippen LogP contribution in [0.15, 0.2) is 36.4 Å². The van der Waals surface area contributed by atoms with Crippen LogP contribution >= 0.6 is 0 Å². The first-order valence-corrected chi connectivity index (χ1v) is 9.45. The zero-order valence-electron chi connectivity index (χ0n) is 16.5. The average Bonchev–Trinajstić information content (AvgIpc) is 2.96. The van der Waals surface area contributed by atoms with E-state index in [2.05, 4.69) is 46.8 Å². The van der Waals surface area contributed by atoms with Crippen LogP contribution in [0, 0.1) is 31.6 Å². The zero-order chi connectivity index (χ0) is 18.9. The molecule has 2 aliphatic rings. The summed E-state index contributed by atoms with van der Waals surface area (Å²) in [6.45, 7) is 10.7. The van der Waals surface area contributed by atoms with Crippen molar-refractivity contribution in [2.75, 3.05) is 7.11 Å². The molecule has 1 heterocycles. The molecule has 5 atom stereocenters. The van der Waals surface area contributed by atoms with Crippen LogP contribution in [0.1, 0.15) is 43.0 Å². The minimum absolute atomic E-state index is 0.0854. The summed E-state index contributed by atoms with van der Waals surface area (Å²) < 4.78 is 12.0. The lowest BCUT2D eigenvalue weighted by atomic mass is 9.71. The Morgan fingerprint density at radius 2 is 1.65 bits per heavy atom. The van der Waals surface area contributed by atoms with Crippen LogP contribution in [-0.2, 0) is 11.2 Å². The Balaban J connectivity index is 2.01. The molecular formula is C23H28O3. The van der Waals surface area contributed by atoms with Crippen molar-refractivity contribution in [3.8, 4) is 11.5 Å². The average molecular weight is 352 g/mol. The summed E-state index contributed by atoms with van der Waals surface area (Å²) in [6.07, 6.45) is 0. The summed E-state index contributed by atoms with van der Waals surface area (Å²) >= 11 is 0. The Hall–Kier alpha value is -2.00. The van der Waals surface area contributed by atoms with Crippen LogP contribution in [0.25, 0.3) is 0 Å². The smallest absolute Gasteiger partial charge is 0.170 e. The number of ether oxygens (including phenoxy) is 2. The summed E-state index contributed by atoms with van der Waals surface area (Å²) in [5.41, 5.74) is 2.40. The molecule has 5 unspecified atom stereocenters. The molecular weight excluding hydrogens is 324 g/mol. The molecule has 1 saturated carbocycles. The van der Waals surface area contributed by atoms with E-state index in [0.29, 0.717) is 5.92 Å². The first kappa shape index (κ1) is 17.4. The van der Waals surface area contributed by atoms with Crippen molar-refractivity contribution < 1.29 is 14.6 Å². The molecule has 0 radical (unpaired) electrons. The highest BCUT2D eigenvalue weighted by Crippen LogP contribution is 2.68. The highest BCUT2D eigenvalue weighted by Gasteiger charge is 2.72. The van der Waals surface area contributed by atoms with Crippen molar-refractivity contribution in [1.82, 2.24) is 0 Å². The molecule has 2 aromatic carbocycles. The normalized spacial score (nSPS) is 35.0. The lowest BCUT2D eigenvalue weighted by Crippen LogP contribution is -2.50. The van der Waals surface area contributed by atoms with Crippen LogP contribution < -0.4 is 9.47 Å². The van der Waals surface area contributed by atoms with Gasteiger partial charge >= 0.3 is 0 Å². The van der Waals surface area contributed by atoms with Crippen LogP contribution in [-0.4, -0.2) is 12.2 Å². The maximum atomic E-state index is 12.2. The lowest BCUT2D eigenvalue weighted by Gasteiger charge is -2.40. The van der Waals surface area contributed by atoms with E-state index in [1.807, 2.05) is 24.3 Å². The third-order valence-electron chi connectivity index (χ3n) is 7.06. The van der Waals surface area contributed by atoms with Gasteiger partial charge in [-0.05, 0) is 60.6 Å². The Morgan fingerprint density at radius 1 is 1.00 bits per heavy atom. The van der Waals surface area contributed by atoms with Crippen LogP contribution in [0.3, 0.4) is 0 Å². The van der Waals surface area contributed by atoms with E-state index < -0.39 is 11.2 Å². The number of fused-ring (bicyclic) bond motifs is 3. The number of benzene rings is 2. The fourth-order valence-electron chi connectivity index (χ4n) is 5.50. The van der Waals surface area contributed by atoms with Gasteiger partial charge in [0.25, 0.3) is 0 Å². The molecule has 0 bridgehead atoms. The molecule has 138 valence electrons. The van der Waals surface area contributed by atoms with Gasteiger partial charge in [-0.15, -0.1) is 0 Å².